The van der Waals surface area contributed by atoms with Crippen LogP contribution in [0.2, 0.25) is 10.0 Å². The molecule has 0 bridgehead atoms. The van der Waals surface area contributed by atoms with Gasteiger partial charge >= 0.3 is 5.97 Å². The van der Waals surface area contributed by atoms with Crippen LogP contribution in [0.4, 0.5) is 5.69 Å². The lowest BCUT2D eigenvalue weighted by molar-refractivity contribution is -0.148. The Bertz CT molecular complexity index is 2740. The van der Waals surface area contributed by atoms with Crippen LogP contribution in [0.3, 0.4) is 0 Å². The third kappa shape index (κ3) is 9.20. The first kappa shape index (κ1) is 44.0. The number of amides is 2. The Labute approximate surface area is 382 Å². The largest absolute Gasteiger partial charge is 0.489 e. The van der Waals surface area contributed by atoms with Crippen LogP contribution in [0, 0.1) is 11.3 Å². The highest BCUT2D eigenvalue weighted by Gasteiger charge is 2.43. The van der Waals surface area contributed by atoms with Gasteiger partial charge in [0.05, 0.1) is 33.4 Å². The van der Waals surface area contributed by atoms with Crippen LogP contribution >= 0.6 is 23.2 Å². The highest BCUT2D eigenvalue weighted by atomic mass is 35.5. The third-order valence-corrected chi connectivity index (χ3v) is 12.9. The van der Waals surface area contributed by atoms with E-state index in [0.717, 1.165) is 38.9 Å². The lowest BCUT2D eigenvalue weighted by Crippen LogP contribution is -2.60. The number of hydrogen-bond acceptors (Lipinski definition) is 7. The van der Waals surface area contributed by atoms with Gasteiger partial charge in [-0.15, -0.1) is 0 Å². The van der Waals surface area contributed by atoms with E-state index in [4.69, 9.17) is 32.7 Å². The molecule has 64 heavy (non-hydrogen) atoms. The fourth-order valence-electron chi connectivity index (χ4n) is 8.59. The van der Waals surface area contributed by atoms with E-state index < -0.39 is 29.6 Å². The average molecular weight is 894 g/mol. The number of aliphatic carboxylic acids is 1. The van der Waals surface area contributed by atoms with Crippen LogP contribution in [0.1, 0.15) is 71.4 Å². The zero-order valence-corrected chi connectivity index (χ0v) is 37.1. The van der Waals surface area contributed by atoms with E-state index in [0.29, 0.717) is 51.3 Å². The fraction of sp³-hybridized carbons (Fsp3) is 0.231. The molecule has 0 fully saturated rings. The zero-order chi connectivity index (χ0) is 45.1. The number of carbonyl (C=O) groups is 3. The number of nitrogens with zero attached hydrogens (tertiary/aromatic N) is 3. The molecule has 0 saturated heterocycles. The molecular formula is C52H46Cl2N4O6. The standard InChI is InChI=1S/C52H46Cl2N4O6/c1-4-44(37-8-6-5-7-9-37)58-30-40-27-47-45(57(3)50(60)48(64-47)38-19-21-41(22-20-38)63-31-34-14-23-42(53)43(54)24-34)25-39(40)26-46(58)49(59)56-52(2,51(61)62)28-32-10-15-35(16-11-32)36-17-12-33(29-55)13-18-36/h5-25,27,44,46,48H,4,26,28,30-31H2,1-3H3,(H,56,59)(H,61,62)/t44-,46-,48?,52-/m0/s1. The smallest absolute Gasteiger partial charge is 0.329 e. The molecule has 1 unspecified atom stereocenters. The topological polar surface area (TPSA) is 132 Å². The summed E-state index contributed by atoms with van der Waals surface area (Å²) in [6, 6.07) is 42.5. The molecule has 0 radical (unpaired) electrons. The molecule has 2 aliphatic heterocycles. The summed E-state index contributed by atoms with van der Waals surface area (Å²) < 4.78 is 12.5. The van der Waals surface area contributed by atoms with Gasteiger partial charge in [0.15, 0.2) is 0 Å². The van der Waals surface area contributed by atoms with Crippen LogP contribution in [-0.2, 0) is 40.4 Å². The minimum atomic E-state index is -1.63. The van der Waals surface area contributed by atoms with Crippen molar-refractivity contribution < 1.29 is 29.0 Å². The van der Waals surface area contributed by atoms with E-state index in [1.165, 1.54) is 0 Å². The molecule has 6 aromatic rings. The van der Waals surface area contributed by atoms with E-state index in [9.17, 15) is 24.8 Å². The van der Waals surface area contributed by atoms with Crippen molar-refractivity contribution in [3.63, 3.8) is 0 Å². The number of halogens is 2. The summed E-state index contributed by atoms with van der Waals surface area (Å²) in [7, 11) is 1.72. The van der Waals surface area contributed by atoms with Crippen molar-refractivity contribution in [2.24, 2.45) is 0 Å². The summed E-state index contributed by atoms with van der Waals surface area (Å²) in [5.74, 6) is -0.642. The van der Waals surface area contributed by atoms with Gasteiger partial charge in [-0.1, -0.05) is 115 Å². The molecular weight excluding hydrogens is 847 g/mol. The highest BCUT2D eigenvalue weighted by Crippen LogP contribution is 2.44. The predicted molar refractivity (Wildman–Crippen MR) is 247 cm³/mol. The summed E-state index contributed by atoms with van der Waals surface area (Å²) in [5.41, 5.74) is 6.51. The average Bonchev–Trinajstić information content (AvgIpc) is 3.31. The number of carboxylic acid groups (broad SMARTS) is 1. The van der Waals surface area contributed by atoms with E-state index in [-0.39, 0.29) is 31.4 Å². The van der Waals surface area contributed by atoms with Crippen LogP contribution in [-0.4, -0.2) is 46.4 Å². The first-order chi connectivity index (χ1) is 30.8. The van der Waals surface area contributed by atoms with Gasteiger partial charge in [-0.05, 0) is 107 Å². The Morgan fingerprint density at radius 3 is 2.20 bits per heavy atom. The summed E-state index contributed by atoms with van der Waals surface area (Å²) in [6.45, 7) is 4.29. The number of nitrogens with one attached hydrogen (secondary N) is 1. The molecule has 12 heteroatoms. The Morgan fingerprint density at radius 1 is 0.891 bits per heavy atom. The quantitative estimate of drug-likeness (QED) is 0.117. The predicted octanol–water partition coefficient (Wildman–Crippen LogP) is 10.3. The van der Waals surface area contributed by atoms with Gasteiger partial charge < -0.3 is 24.8 Å². The van der Waals surface area contributed by atoms with Crippen LogP contribution < -0.4 is 19.7 Å². The first-order valence-electron chi connectivity index (χ1n) is 21.1. The van der Waals surface area contributed by atoms with Crippen molar-refractivity contribution in [2.45, 2.75) is 70.0 Å². The molecule has 0 spiro atoms. The van der Waals surface area contributed by atoms with Crippen molar-refractivity contribution in [1.29, 1.82) is 5.26 Å². The molecule has 324 valence electrons. The van der Waals surface area contributed by atoms with E-state index in [2.05, 4.69) is 23.2 Å². The van der Waals surface area contributed by atoms with Crippen LogP contribution in [0.25, 0.3) is 11.1 Å². The second kappa shape index (κ2) is 18.6. The van der Waals surface area contributed by atoms with Gasteiger partial charge in [0.25, 0.3) is 5.91 Å². The molecule has 2 N–H and O–H groups in total. The molecule has 0 aromatic heterocycles. The normalized spacial score (nSPS) is 17.2. The molecule has 2 amide bonds. The first-order valence-corrected chi connectivity index (χ1v) is 21.8. The van der Waals surface area contributed by atoms with Gasteiger partial charge in [0.2, 0.25) is 12.0 Å². The number of benzene rings is 6. The van der Waals surface area contributed by atoms with E-state index >= 15 is 0 Å². The number of likely N-dealkylation sites (N-methyl/N-ethyl adjacent to an activating group) is 1. The minimum Gasteiger partial charge on any atom is -0.489 e. The fourth-order valence-corrected chi connectivity index (χ4v) is 8.91. The van der Waals surface area contributed by atoms with Crippen LogP contribution in [0.15, 0.2) is 133 Å². The van der Waals surface area contributed by atoms with Gasteiger partial charge in [0, 0.05) is 31.6 Å². The number of hydrogen-bond donors (Lipinski definition) is 2. The number of fused-ring (bicyclic) bond motifs is 2. The van der Waals surface area contributed by atoms with Gasteiger partial charge in [-0.25, -0.2) is 4.79 Å². The lowest BCUT2D eigenvalue weighted by Gasteiger charge is -2.43. The maximum absolute atomic E-state index is 14.7. The Hall–Kier alpha value is -6.64. The molecule has 2 heterocycles. The molecule has 0 aliphatic carbocycles. The number of carboxylic acids is 1. The number of nitriles is 1. The second-order valence-electron chi connectivity index (χ2n) is 16.5. The minimum absolute atomic E-state index is 0.0499. The summed E-state index contributed by atoms with van der Waals surface area (Å²) in [4.78, 5) is 45.4. The molecule has 4 atom stereocenters. The van der Waals surface area contributed by atoms with E-state index in [1.54, 1.807) is 55.3 Å². The summed E-state index contributed by atoms with van der Waals surface area (Å²) >= 11 is 12.2. The number of carbonyl (C=O) groups excluding carboxylic acids is 2. The molecule has 6 aromatic carbocycles. The SMILES string of the molecule is CC[C@@H](c1ccccc1)N1Cc2cc3c(cc2C[C@H]1C(=O)N[C@@](C)(Cc1ccc(-c2ccc(C#N)cc2)cc1)C(=O)O)N(C)C(=O)C(c1ccc(OCc2ccc(Cl)c(Cl)c2)cc1)O3. The van der Waals surface area contributed by atoms with Crippen molar-refractivity contribution in [1.82, 2.24) is 10.2 Å². The Morgan fingerprint density at radius 2 is 1.56 bits per heavy atom. The van der Waals surface area contributed by atoms with Gasteiger partial charge in [-0.2, -0.15) is 5.26 Å². The lowest BCUT2D eigenvalue weighted by atomic mass is 9.87. The molecule has 8 rings (SSSR count). The molecule has 10 nitrogen and oxygen atoms in total. The van der Waals surface area contributed by atoms with Crippen molar-refractivity contribution in [3.05, 3.63) is 182 Å². The third-order valence-electron chi connectivity index (χ3n) is 12.2. The van der Waals surface area contributed by atoms with Crippen molar-refractivity contribution in [2.75, 3.05) is 11.9 Å². The Balaban J connectivity index is 1.04. The van der Waals surface area contributed by atoms with Crippen LogP contribution in [0.5, 0.6) is 11.5 Å². The molecule has 2 aliphatic rings. The van der Waals surface area contributed by atoms with E-state index in [1.807, 2.05) is 97.1 Å². The molecule has 0 saturated carbocycles. The van der Waals surface area contributed by atoms with Gasteiger partial charge in [0.1, 0.15) is 23.6 Å². The monoisotopic (exact) mass is 892 g/mol. The number of anilines is 1. The Kier molecular flexibility index (Phi) is 12.8. The highest BCUT2D eigenvalue weighted by molar-refractivity contribution is 6.42. The van der Waals surface area contributed by atoms with Gasteiger partial charge in [-0.3, -0.25) is 14.5 Å². The number of rotatable bonds is 13. The number of ether oxygens (including phenoxy) is 2. The summed E-state index contributed by atoms with van der Waals surface area (Å²) in [6.07, 6.45) is 0.126. The second-order valence-corrected chi connectivity index (χ2v) is 17.3. The van der Waals surface area contributed by atoms with Crippen molar-refractivity contribution in [3.8, 4) is 28.7 Å². The maximum atomic E-state index is 14.7. The zero-order valence-electron chi connectivity index (χ0n) is 35.6. The summed E-state index contributed by atoms with van der Waals surface area (Å²) in [5, 5.41) is 23.7. The maximum Gasteiger partial charge on any atom is 0.329 e. The van der Waals surface area contributed by atoms with Crippen molar-refractivity contribution >= 4 is 46.7 Å².